The molecule has 0 aromatic heterocycles. The van der Waals surface area contributed by atoms with Gasteiger partial charge in [0.25, 0.3) is 0 Å². The van der Waals surface area contributed by atoms with E-state index in [4.69, 9.17) is 4.74 Å². The SMILES string of the molecule is CC(C)(C)OC(=O)NC[C@@H]1CNCCN1. The maximum absolute atomic E-state index is 11.3. The van der Waals surface area contributed by atoms with Gasteiger partial charge in [-0.15, -0.1) is 0 Å². The Hall–Kier alpha value is -0.810. The molecule has 1 heterocycles. The summed E-state index contributed by atoms with van der Waals surface area (Å²) in [5.74, 6) is 0. The van der Waals surface area contributed by atoms with Gasteiger partial charge in [0.2, 0.25) is 0 Å². The molecule has 0 aliphatic carbocycles. The molecule has 1 aliphatic rings. The highest BCUT2D eigenvalue weighted by molar-refractivity contribution is 5.67. The number of ether oxygens (including phenoxy) is 1. The van der Waals surface area contributed by atoms with Gasteiger partial charge in [0, 0.05) is 32.2 Å². The Morgan fingerprint density at radius 2 is 2.20 bits per heavy atom. The van der Waals surface area contributed by atoms with Crippen molar-refractivity contribution in [1.82, 2.24) is 16.0 Å². The number of carbonyl (C=O) groups excluding carboxylic acids is 1. The summed E-state index contributed by atoms with van der Waals surface area (Å²) < 4.78 is 5.13. The molecule has 5 nitrogen and oxygen atoms in total. The second-order valence-corrected chi connectivity index (χ2v) is 4.74. The van der Waals surface area contributed by atoms with E-state index in [1.165, 1.54) is 0 Å². The average Bonchev–Trinajstić information content (AvgIpc) is 2.14. The Morgan fingerprint density at radius 1 is 1.47 bits per heavy atom. The summed E-state index contributed by atoms with van der Waals surface area (Å²) in [6.45, 7) is 8.98. The molecule has 1 fully saturated rings. The maximum atomic E-state index is 11.3. The summed E-state index contributed by atoms with van der Waals surface area (Å²) in [4.78, 5) is 11.3. The van der Waals surface area contributed by atoms with Gasteiger partial charge in [-0.05, 0) is 20.8 Å². The molecule has 1 amide bonds. The van der Waals surface area contributed by atoms with Crippen molar-refractivity contribution in [3.63, 3.8) is 0 Å². The number of amides is 1. The van der Waals surface area contributed by atoms with Crippen molar-refractivity contribution in [3.05, 3.63) is 0 Å². The molecule has 1 saturated heterocycles. The van der Waals surface area contributed by atoms with Crippen LogP contribution >= 0.6 is 0 Å². The number of piperazine rings is 1. The van der Waals surface area contributed by atoms with Crippen LogP contribution < -0.4 is 16.0 Å². The largest absolute Gasteiger partial charge is 0.444 e. The monoisotopic (exact) mass is 215 g/mol. The molecule has 5 heteroatoms. The zero-order chi connectivity index (χ0) is 11.3. The molecule has 1 aliphatic heterocycles. The summed E-state index contributed by atoms with van der Waals surface area (Å²) in [5.41, 5.74) is -0.428. The number of hydrogen-bond donors (Lipinski definition) is 3. The number of carbonyl (C=O) groups is 1. The molecule has 88 valence electrons. The van der Waals surface area contributed by atoms with Gasteiger partial charge >= 0.3 is 6.09 Å². The van der Waals surface area contributed by atoms with E-state index in [1.54, 1.807) is 0 Å². The fraction of sp³-hybridized carbons (Fsp3) is 0.900. The lowest BCUT2D eigenvalue weighted by molar-refractivity contribution is 0.0521. The van der Waals surface area contributed by atoms with E-state index in [2.05, 4.69) is 16.0 Å². The molecule has 15 heavy (non-hydrogen) atoms. The van der Waals surface area contributed by atoms with Crippen LogP contribution in [0.2, 0.25) is 0 Å². The van der Waals surface area contributed by atoms with E-state index in [1.807, 2.05) is 20.8 Å². The highest BCUT2D eigenvalue weighted by Gasteiger charge is 2.18. The molecule has 0 saturated carbocycles. The average molecular weight is 215 g/mol. The Balaban J connectivity index is 2.15. The maximum Gasteiger partial charge on any atom is 0.407 e. The predicted octanol–water partition coefficient (Wildman–Crippen LogP) is 0.0725. The van der Waals surface area contributed by atoms with Gasteiger partial charge in [0.05, 0.1) is 0 Å². The topological polar surface area (TPSA) is 62.4 Å². The third-order valence-corrected chi connectivity index (χ3v) is 2.02. The van der Waals surface area contributed by atoms with Crippen LogP contribution in [0.5, 0.6) is 0 Å². The van der Waals surface area contributed by atoms with E-state index < -0.39 is 5.60 Å². The van der Waals surface area contributed by atoms with E-state index >= 15 is 0 Å². The smallest absolute Gasteiger partial charge is 0.407 e. The van der Waals surface area contributed by atoms with Gasteiger partial charge in [-0.1, -0.05) is 0 Å². The highest BCUT2D eigenvalue weighted by atomic mass is 16.6. The molecule has 1 rings (SSSR count). The van der Waals surface area contributed by atoms with Gasteiger partial charge in [-0.25, -0.2) is 4.79 Å². The molecule has 0 spiro atoms. The number of hydrogen-bond acceptors (Lipinski definition) is 4. The van der Waals surface area contributed by atoms with E-state index in [0.717, 1.165) is 19.6 Å². The minimum absolute atomic E-state index is 0.297. The third kappa shape index (κ3) is 5.59. The number of nitrogens with one attached hydrogen (secondary N) is 3. The van der Waals surface area contributed by atoms with Gasteiger partial charge in [-0.3, -0.25) is 0 Å². The Bertz CT molecular complexity index is 207. The standard InChI is InChI=1S/C10H21N3O2/c1-10(2,3)15-9(14)13-7-8-6-11-4-5-12-8/h8,11-12H,4-7H2,1-3H3,(H,13,14)/t8-/m0/s1. The summed E-state index contributed by atoms with van der Waals surface area (Å²) in [7, 11) is 0. The van der Waals surface area contributed by atoms with Crippen molar-refractivity contribution in [2.24, 2.45) is 0 Å². The zero-order valence-corrected chi connectivity index (χ0v) is 9.72. The van der Waals surface area contributed by atoms with Crippen LogP contribution in [0, 0.1) is 0 Å². The quantitative estimate of drug-likeness (QED) is 0.610. The fourth-order valence-corrected chi connectivity index (χ4v) is 1.38. The van der Waals surface area contributed by atoms with E-state index in [0.29, 0.717) is 12.6 Å². The lowest BCUT2D eigenvalue weighted by Gasteiger charge is -2.25. The molecule has 0 aromatic carbocycles. The first-order chi connectivity index (χ1) is 6.97. The van der Waals surface area contributed by atoms with Crippen LogP contribution in [-0.2, 0) is 4.74 Å². The molecular formula is C10H21N3O2. The van der Waals surface area contributed by atoms with E-state index in [9.17, 15) is 4.79 Å². The van der Waals surface area contributed by atoms with Crippen molar-refractivity contribution in [1.29, 1.82) is 0 Å². The summed E-state index contributed by atoms with van der Waals surface area (Å²) >= 11 is 0. The predicted molar refractivity (Wildman–Crippen MR) is 58.9 cm³/mol. The molecule has 0 radical (unpaired) electrons. The van der Waals surface area contributed by atoms with Gasteiger partial charge in [0.1, 0.15) is 5.60 Å². The minimum Gasteiger partial charge on any atom is -0.444 e. The number of alkyl carbamates (subject to hydrolysis) is 1. The first-order valence-corrected chi connectivity index (χ1v) is 5.38. The van der Waals surface area contributed by atoms with Crippen molar-refractivity contribution < 1.29 is 9.53 Å². The van der Waals surface area contributed by atoms with Gasteiger partial charge in [-0.2, -0.15) is 0 Å². The van der Waals surface area contributed by atoms with Gasteiger partial charge in [0.15, 0.2) is 0 Å². The minimum atomic E-state index is -0.428. The second kappa shape index (κ2) is 5.32. The molecule has 0 bridgehead atoms. The lowest BCUT2D eigenvalue weighted by Crippen LogP contribution is -2.53. The summed E-state index contributed by atoms with van der Waals surface area (Å²) in [6.07, 6.45) is -0.352. The fourth-order valence-electron chi connectivity index (χ4n) is 1.38. The van der Waals surface area contributed by atoms with Gasteiger partial charge < -0.3 is 20.7 Å². The number of rotatable bonds is 2. The Labute approximate surface area is 90.9 Å². The molecule has 0 aromatic rings. The Kier molecular flexibility index (Phi) is 4.35. The molecule has 3 N–H and O–H groups in total. The van der Waals surface area contributed by atoms with Crippen molar-refractivity contribution in [3.8, 4) is 0 Å². The van der Waals surface area contributed by atoms with Crippen molar-refractivity contribution >= 4 is 6.09 Å². The third-order valence-electron chi connectivity index (χ3n) is 2.02. The van der Waals surface area contributed by atoms with Crippen LogP contribution in [0.1, 0.15) is 20.8 Å². The van der Waals surface area contributed by atoms with Crippen LogP contribution in [0.3, 0.4) is 0 Å². The summed E-state index contributed by atoms with van der Waals surface area (Å²) in [5, 5.41) is 9.30. The molecular weight excluding hydrogens is 194 g/mol. The lowest BCUT2D eigenvalue weighted by atomic mass is 10.2. The normalized spacial score (nSPS) is 22.2. The summed E-state index contributed by atoms with van der Waals surface area (Å²) in [6, 6.07) is 0.297. The molecule has 0 unspecified atom stereocenters. The zero-order valence-electron chi connectivity index (χ0n) is 9.72. The highest BCUT2D eigenvalue weighted by Crippen LogP contribution is 2.06. The van der Waals surface area contributed by atoms with Crippen LogP contribution in [0.25, 0.3) is 0 Å². The first-order valence-electron chi connectivity index (χ1n) is 5.38. The van der Waals surface area contributed by atoms with Crippen molar-refractivity contribution in [2.75, 3.05) is 26.2 Å². The second-order valence-electron chi connectivity index (χ2n) is 4.74. The van der Waals surface area contributed by atoms with Crippen LogP contribution in [0.15, 0.2) is 0 Å². The van der Waals surface area contributed by atoms with E-state index in [-0.39, 0.29) is 6.09 Å². The van der Waals surface area contributed by atoms with Crippen LogP contribution in [-0.4, -0.2) is 43.9 Å². The first kappa shape index (κ1) is 12.3. The van der Waals surface area contributed by atoms with Crippen molar-refractivity contribution in [2.45, 2.75) is 32.4 Å². The molecule has 1 atom stereocenters. The Morgan fingerprint density at radius 3 is 2.73 bits per heavy atom. The van der Waals surface area contributed by atoms with Crippen LogP contribution in [0.4, 0.5) is 4.79 Å².